The Balaban J connectivity index is 1.66. The van der Waals surface area contributed by atoms with Crippen LogP contribution in [0.15, 0.2) is 5.38 Å². The highest BCUT2D eigenvalue weighted by Gasteiger charge is 2.39. The van der Waals surface area contributed by atoms with E-state index in [4.69, 9.17) is 4.74 Å². The zero-order valence-corrected chi connectivity index (χ0v) is 13.3. The molecule has 2 N–H and O–H groups in total. The van der Waals surface area contributed by atoms with E-state index in [9.17, 15) is 4.79 Å². The minimum absolute atomic E-state index is 0.104. The summed E-state index contributed by atoms with van der Waals surface area (Å²) in [4.78, 5) is 17.1. The lowest BCUT2D eigenvalue weighted by atomic mass is 9.97. The molecule has 2 aliphatic rings. The van der Waals surface area contributed by atoms with Gasteiger partial charge in [-0.15, -0.1) is 11.3 Å². The van der Waals surface area contributed by atoms with Gasteiger partial charge in [0.1, 0.15) is 5.01 Å². The number of amides is 1. The topological polar surface area (TPSA) is 63.2 Å². The van der Waals surface area contributed by atoms with Crippen molar-refractivity contribution in [3.63, 3.8) is 0 Å². The highest BCUT2D eigenvalue weighted by Crippen LogP contribution is 2.40. The van der Waals surface area contributed by atoms with Gasteiger partial charge in [-0.25, -0.2) is 4.98 Å². The van der Waals surface area contributed by atoms with Crippen molar-refractivity contribution in [2.75, 3.05) is 19.8 Å². The molecule has 2 fully saturated rings. The fourth-order valence-electron chi connectivity index (χ4n) is 3.24. The van der Waals surface area contributed by atoms with E-state index >= 15 is 0 Å². The normalized spacial score (nSPS) is 24.9. The Labute approximate surface area is 129 Å². The standard InChI is InChI=1S/C15H23N3O2S/c1-11-10-21-14(17-11)15(4-2-3-5-15)18-13(19)8-12-9-20-7-6-16-12/h10,12,16H,2-9H2,1H3,(H,18,19). The second-order valence-electron chi connectivity index (χ2n) is 6.06. The first kappa shape index (κ1) is 14.9. The van der Waals surface area contributed by atoms with E-state index < -0.39 is 0 Å². The predicted octanol–water partition coefficient (Wildman–Crippen LogP) is 1.72. The molecule has 0 aromatic carbocycles. The number of ether oxygens (including phenoxy) is 1. The van der Waals surface area contributed by atoms with Gasteiger partial charge in [-0.05, 0) is 19.8 Å². The van der Waals surface area contributed by atoms with Gasteiger partial charge in [-0.3, -0.25) is 4.79 Å². The van der Waals surface area contributed by atoms with E-state index in [0.29, 0.717) is 13.0 Å². The molecule has 1 aromatic rings. The summed E-state index contributed by atoms with van der Waals surface area (Å²) >= 11 is 1.67. The molecule has 0 radical (unpaired) electrons. The smallest absolute Gasteiger partial charge is 0.222 e. The SMILES string of the molecule is Cc1csc(C2(NC(=O)CC3COCCN3)CCCC2)n1. The van der Waals surface area contributed by atoms with E-state index in [-0.39, 0.29) is 17.5 Å². The molecule has 1 aromatic heterocycles. The summed E-state index contributed by atoms with van der Waals surface area (Å²) in [5.74, 6) is 0.104. The Kier molecular flexibility index (Phi) is 4.57. The van der Waals surface area contributed by atoms with Crippen molar-refractivity contribution in [2.45, 2.75) is 50.6 Å². The first-order valence-corrected chi connectivity index (χ1v) is 8.61. The van der Waals surface area contributed by atoms with E-state index in [1.807, 2.05) is 6.92 Å². The number of aryl methyl sites for hydroxylation is 1. The van der Waals surface area contributed by atoms with Crippen molar-refractivity contribution in [3.8, 4) is 0 Å². The third kappa shape index (κ3) is 3.44. The van der Waals surface area contributed by atoms with Crippen LogP contribution in [0.3, 0.4) is 0 Å². The van der Waals surface area contributed by atoms with Crippen LogP contribution in [0.2, 0.25) is 0 Å². The van der Waals surface area contributed by atoms with Crippen LogP contribution in [-0.2, 0) is 15.1 Å². The molecule has 2 heterocycles. The summed E-state index contributed by atoms with van der Waals surface area (Å²) in [6.07, 6.45) is 4.79. The highest BCUT2D eigenvalue weighted by molar-refractivity contribution is 7.09. The van der Waals surface area contributed by atoms with Gasteiger partial charge in [0, 0.05) is 30.1 Å². The molecule has 1 saturated carbocycles. The van der Waals surface area contributed by atoms with Crippen molar-refractivity contribution in [2.24, 2.45) is 0 Å². The minimum atomic E-state index is -0.231. The Bertz CT molecular complexity index is 491. The second kappa shape index (κ2) is 6.42. The van der Waals surface area contributed by atoms with Crippen LogP contribution < -0.4 is 10.6 Å². The molecule has 1 aliphatic heterocycles. The lowest BCUT2D eigenvalue weighted by molar-refractivity contribution is -0.124. The van der Waals surface area contributed by atoms with Gasteiger partial charge in [-0.1, -0.05) is 12.8 Å². The molecule has 0 spiro atoms. The molecule has 5 nitrogen and oxygen atoms in total. The molecular weight excluding hydrogens is 286 g/mol. The number of thiazole rings is 1. The zero-order valence-electron chi connectivity index (χ0n) is 12.5. The number of rotatable bonds is 4. The van der Waals surface area contributed by atoms with Crippen molar-refractivity contribution >= 4 is 17.2 Å². The van der Waals surface area contributed by atoms with Crippen molar-refractivity contribution < 1.29 is 9.53 Å². The Morgan fingerprint density at radius 1 is 1.57 bits per heavy atom. The average molecular weight is 309 g/mol. The number of nitrogens with zero attached hydrogens (tertiary/aromatic N) is 1. The number of hydrogen-bond acceptors (Lipinski definition) is 5. The number of carbonyl (C=O) groups excluding carboxylic acids is 1. The number of aromatic nitrogens is 1. The largest absolute Gasteiger partial charge is 0.378 e. The molecule has 116 valence electrons. The number of carbonyl (C=O) groups is 1. The van der Waals surface area contributed by atoms with Gasteiger partial charge in [0.15, 0.2) is 0 Å². The quantitative estimate of drug-likeness (QED) is 0.889. The Hall–Kier alpha value is -0.980. The van der Waals surface area contributed by atoms with Gasteiger partial charge in [0.2, 0.25) is 5.91 Å². The van der Waals surface area contributed by atoms with E-state index in [1.54, 1.807) is 11.3 Å². The second-order valence-corrected chi connectivity index (χ2v) is 6.92. The number of hydrogen-bond donors (Lipinski definition) is 2. The minimum Gasteiger partial charge on any atom is -0.378 e. The van der Waals surface area contributed by atoms with E-state index in [0.717, 1.165) is 49.5 Å². The molecule has 1 atom stereocenters. The Morgan fingerprint density at radius 3 is 3.00 bits per heavy atom. The molecule has 1 unspecified atom stereocenters. The monoisotopic (exact) mass is 309 g/mol. The molecular formula is C15H23N3O2S. The maximum Gasteiger partial charge on any atom is 0.222 e. The molecule has 1 aliphatic carbocycles. The molecule has 0 bridgehead atoms. The van der Waals surface area contributed by atoms with Gasteiger partial charge in [0.05, 0.1) is 18.8 Å². The van der Waals surface area contributed by atoms with Crippen molar-refractivity contribution in [1.29, 1.82) is 0 Å². The summed E-state index contributed by atoms with van der Waals surface area (Å²) in [7, 11) is 0. The van der Waals surface area contributed by atoms with Crippen molar-refractivity contribution in [1.82, 2.24) is 15.6 Å². The van der Waals surface area contributed by atoms with Crippen LogP contribution in [0.5, 0.6) is 0 Å². The summed E-state index contributed by atoms with van der Waals surface area (Å²) in [6.45, 7) is 4.19. The number of morpholine rings is 1. The fraction of sp³-hybridized carbons (Fsp3) is 0.733. The van der Waals surface area contributed by atoms with Gasteiger partial charge >= 0.3 is 0 Å². The van der Waals surface area contributed by atoms with Crippen molar-refractivity contribution in [3.05, 3.63) is 16.1 Å². The third-order valence-electron chi connectivity index (χ3n) is 4.29. The van der Waals surface area contributed by atoms with Gasteiger partial charge in [-0.2, -0.15) is 0 Å². The van der Waals surface area contributed by atoms with Crippen LogP contribution >= 0.6 is 11.3 Å². The molecule has 6 heteroatoms. The number of nitrogens with one attached hydrogen (secondary N) is 2. The molecule has 1 saturated heterocycles. The Morgan fingerprint density at radius 2 is 2.38 bits per heavy atom. The van der Waals surface area contributed by atoms with Crippen LogP contribution in [0.25, 0.3) is 0 Å². The maximum atomic E-state index is 12.4. The third-order valence-corrected chi connectivity index (χ3v) is 5.46. The fourth-order valence-corrected chi connectivity index (χ4v) is 4.25. The van der Waals surface area contributed by atoms with E-state index in [2.05, 4.69) is 21.0 Å². The average Bonchev–Trinajstić information content (AvgIpc) is 3.10. The molecule has 3 rings (SSSR count). The zero-order chi connectivity index (χ0) is 14.7. The summed E-state index contributed by atoms with van der Waals surface area (Å²) in [5, 5.41) is 9.75. The molecule has 1 amide bonds. The van der Waals surface area contributed by atoms with Crippen LogP contribution in [0.4, 0.5) is 0 Å². The van der Waals surface area contributed by atoms with Crippen LogP contribution in [0, 0.1) is 6.92 Å². The lowest BCUT2D eigenvalue weighted by Gasteiger charge is -2.30. The lowest BCUT2D eigenvalue weighted by Crippen LogP contribution is -2.48. The molecule has 21 heavy (non-hydrogen) atoms. The first-order valence-electron chi connectivity index (χ1n) is 7.73. The predicted molar refractivity (Wildman–Crippen MR) is 82.4 cm³/mol. The summed E-state index contributed by atoms with van der Waals surface area (Å²) < 4.78 is 5.41. The van der Waals surface area contributed by atoms with Gasteiger partial charge < -0.3 is 15.4 Å². The van der Waals surface area contributed by atoms with Crippen LogP contribution in [0.1, 0.15) is 42.8 Å². The van der Waals surface area contributed by atoms with Gasteiger partial charge in [0.25, 0.3) is 0 Å². The van der Waals surface area contributed by atoms with E-state index in [1.165, 1.54) is 0 Å². The van der Waals surface area contributed by atoms with Crippen LogP contribution in [-0.4, -0.2) is 36.7 Å². The highest BCUT2D eigenvalue weighted by atomic mass is 32.1. The first-order chi connectivity index (χ1) is 10.2. The summed E-state index contributed by atoms with van der Waals surface area (Å²) in [6, 6.07) is 0.134. The maximum absolute atomic E-state index is 12.4. The summed E-state index contributed by atoms with van der Waals surface area (Å²) in [5.41, 5.74) is 0.809.